The van der Waals surface area contributed by atoms with Gasteiger partial charge in [-0.2, -0.15) is 0 Å². The van der Waals surface area contributed by atoms with E-state index in [1.54, 1.807) is 50.6 Å². The molecule has 0 atom stereocenters. The average molecular weight is 246 g/mol. The van der Waals surface area contributed by atoms with Gasteiger partial charge in [0, 0.05) is 12.7 Å². The van der Waals surface area contributed by atoms with E-state index in [1.807, 2.05) is 0 Å². The molecule has 0 saturated carbocycles. The second kappa shape index (κ2) is 5.51. The monoisotopic (exact) mass is 246 g/mol. The number of carbonyl (C=O) groups excluding carboxylic acids is 1. The van der Waals surface area contributed by atoms with Gasteiger partial charge in [-0.05, 0) is 36.4 Å². The third kappa shape index (κ3) is 2.60. The van der Waals surface area contributed by atoms with Gasteiger partial charge in [-0.1, -0.05) is 0 Å². The molecule has 0 radical (unpaired) electrons. The summed E-state index contributed by atoms with van der Waals surface area (Å²) in [4.78, 5) is 12.1. The zero-order chi connectivity index (χ0) is 13.0. The Morgan fingerprint density at radius 3 is 2.44 bits per heavy atom. The van der Waals surface area contributed by atoms with Crippen LogP contribution in [0, 0.1) is 0 Å². The minimum atomic E-state index is -0.153. The van der Waals surface area contributed by atoms with Crippen molar-refractivity contribution in [1.82, 2.24) is 0 Å². The van der Waals surface area contributed by atoms with Crippen LogP contribution in [-0.2, 0) is 11.3 Å². The summed E-state index contributed by atoms with van der Waals surface area (Å²) in [5.41, 5.74) is 0.564. The predicted octanol–water partition coefficient (Wildman–Crippen LogP) is 2.67. The van der Waals surface area contributed by atoms with Crippen LogP contribution in [-0.4, -0.2) is 20.0 Å². The van der Waals surface area contributed by atoms with Crippen molar-refractivity contribution >= 4 is 5.78 Å². The molecule has 94 valence electrons. The molecule has 18 heavy (non-hydrogen) atoms. The Balaban J connectivity index is 2.18. The average Bonchev–Trinajstić information content (AvgIpc) is 2.87. The van der Waals surface area contributed by atoms with Gasteiger partial charge in [-0.25, -0.2) is 0 Å². The number of rotatable bonds is 5. The maximum atomic E-state index is 12.1. The highest BCUT2D eigenvalue weighted by Gasteiger charge is 2.13. The Morgan fingerprint density at radius 1 is 1.11 bits per heavy atom. The van der Waals surface area contributed by atoms with Gasteiger partial charge in [0.05, 0.1) is 7.11 Å². The van der Waals surface area contributed by atoms with E-state index in [4.69, 9.17) is 13.9 Å². The fraction of sp³-hybridized carbons (Fsp3) is 0.214. The molecule has 1 aromatic carbocycles. The summed E-state index contributed by atoms with van der Waals surface area (Å²) >= 11 is 0. The normalized spacial score (nSPS) is 10.3. The van der Waals surface area contributed by atoms with E-state index in [-0.39, 0.29) is 5.78 Å². The lowest BCUT2D eigenvalue weighted by Gasteiger charge is -2.01. The van der Waals surface area contributed by atoms with Crippen molar-refractivity contribution in [3.05, 3.63) is 53.5 Å². The number of methoxy groups -OCH3 is 2. The van der Waals surface area contributed by atoms with Crippen LogP contribution in [0.5, 0.6) is 5.75 Å². The van der Waals surface area contributed by atoms with Crippen LogP contribution in [0.25, 0.3) is 0 Å². The topological polar surface area (TPSA) is 48.7 Å². The zero-order valence-corrected chi connectivity index (χ0v) is 10.3. The molecular formula is C14H14O4. The van der Waals surface area contributed by atoms with Gasteiger partial charge in [0.15, 0.2) is 5.76 Å². The number of hydrogen-bond donors (Lipinski definition) is 0. The molecule has 2 rings (SSSR count). The summed E-state index contributed by atoms with van der Waals surface area (Å²) in [5, 5.41) is 0. The summed E-state index contributed by atoms with van der Waals surface area (Å²) in [7, 11) is 3.16. The van der Waals surface area contributed by atoms with E-state index >= 15 is 0 Å². The molecule has 0 amide bonds. The lowest BCUT2D eigenvalue weighted by atomic mass is 10.1. The third-order valence-corrected chi connectivity index (χ3v) is 2.52. The van der Waals surface area contributed by atoms with E-state index in [0.29, 0.717) is 29.4 Å². The third-order valence-electron chi connectivity index (χ3n) is 2.52. The fourth-order valence-electron chi connectivity index (χ4n) is 1.60. The van der Waals surface area contributed by atoms with E-state index in [0.717, 1.165) is 0 Å². The largest absolute Gasteiger partial charge is 0.497 e. The highest BCUT2D eigenvalue weighted by Crippen LogP contribution is 2.17. The number of carbonyl (C=O) groups is 1. The first-order valence-corrected chi connectivity index (χ1v) is 5.51. The van der Waals surface area contributed by atoms with Gasteiger partial charge in [0.1, 0.15) is 18.1 Å². The first kappa shape index (κ1) is 12.4. The molecular weight excluding hydrogens is 232 g/mol. The minimum Gasteiger partial charge on any atom is -0.497 e. The predicted molar refractivity (Wildman–Crippen MR) is 65.8 cm³/mol. The van der Waals surface area contributed by atoms with E-state index in [1.165, 1.54) is 0 Å². The molecule has 1 heterocycles. The molecule has 0 spiro atoms. The second-order valence-electron chi connectivity index (χ2n) is 3.76. The quantitative estimate of drug-likeness (QED) is 0.761. The lowest BCUT2D eigenvalue weighted by Crippen LogP contribution is -1.99. The molecule has 0 N–H and O–H groups in total. The van der Waals surface area contributed by atoms with Gasteiger partial charge in [-0.15, -0.1) is 0 Å². The summed E-state index contributed by atoms with van der Waals surface area (Å²) < 4.78 is 15.4. The van der Waals surface area contributed by atoms with E-state index < -0.39 is 0 Å². The van der Waals surface area contributed by atoms with Crippen LogP contribution < -0.4 is 4.74 Å². The number of ketones is 1. The Kier molecular flexibility index (Phi) is 3.79. The van der Waals surface area contributed by atoms with E-state index in [9.17, 15) is 4.79 Å². The van der Waals surface area contributed by atoms with Crippen LogP contribution in [0.15, 0.2) is 40.8 Å². The van der Waals surface area contributed by atoms with Crippen molar-refractivity contribution < 1.29 is 18.7 Å². The Labute approximate surface area is 105 Å². The SMILES string of the molecule is COCc1ccc(C(=O)c2ccc(OC)cc2)o1. The molecule has 2 aromatic rings. The van der Waals surface area contributed by atoms with Gasteiger partial charge >= 0.3 is 0 Å². The van der Waals surface area contributed by atoms with Gasteiger partial charge in [0.2, 0.25) is 5.78 Å². The Bertz CT molecular complexity index is 525. The van der Waals surface area contributed by atoms with Crippen molar-refractivity contribution in [2.75, 3.05) is 14.2 Å². The molecule has 4 heteroatoms. The minimum absolute atomic E-state index is 0.153. The lowest BCUT2D eigenvalue weighted by molar-refractivity contribution is 0.1000. The van der Waals surface area contributed by atoms with Crippen molar-refractivity contribution in [2.45, 2.75) is 6.61 Å². The molecule has 0 fully saturated rings. The second-order valence-corrected chi connectivity index (χ2v) is 3.76. The molecule has 0 aliphatic heterocycles. The summed E-state index contributed by atoms with van der Waals surface area (Å²) in [6, 6.07) is 10.3. The van der Waals surface area contributed by atoms with Crippen molar-refractivity contribution in [3.63, 3.8) is 0 Å². The maximum absolute atomic E-state index is 12.1. The molecule has 0 aliphatic rings. The van der Waals surface area contributed by atoms with Crippen molar-refractivity contribution in [2.24, 2.45) is 0 Å². The van der Waals surface area contributed by atoms with Gasteiger partial charge in [-0.3, -0.25) is 4.79 Å². The molecule has 0 saturated heterocycles. The summed E-state index contributed by atoms with van der Waals surface area (Å²) in [5.74, 6) is 1.51. The number of furan rings is 1. The Morgan fingerprint density at radius 2 is 1.83 bits per heavy atom. The first-order valence-electron chi connectivity index (χ1n) is 5.51. The van der Waals surface area contributed by atoms with Crippen LogP contribution in [0.2, 0.25) is 0 Å². The smallest absolute Gasteiger partial charge is 0.228 e. The van der Waals surface area contributed by atoms with Crippen molar-refractivity contribution in [1.29, 1.82) is 0 Å². The molecule has 0 aliphatic carbocycles. The van der Waals surface area contributed by atoms with Crippen LogP contribution in [0.4, 0.5) is 0 Å². The number of benzene rings is 1. The molecule has 0 bridgehead atoms. The first-order chi connectivity index (χ1) is 8.74. The van der Waals surface area contributed by atoms with Crippen LogP contribution in [0.3, 0.4) is 0 Å². The molecule has 4 nitrogen and oxygen atoms in total. The van der Waals surface area contributed by atoms with Crippen LogP contribution >= 0.6 is 0 Å². The van der Waals surface area contributed by atoms with Crippen LogP contribution in [0.1, 0.15) is 21.9 Å². The fourth-order valence-corrected chi connectivity index (χ4v) is 1.60. The summed E-state index contributed by atoms with van der Waals surface area (Å²) in [6.07, 6.45) is 0. The van der Waals surface area contributed by atoms with E-state index in [2.05, 4.69) is 0 Å². The Hall–Kier alpha value is -2.07. The maximum Gasteiger partial charge on any atom is 0.228 e. The number of ether oxygens (including phenoxy) is 2. The van der Waals surface area contributed by atoms with Crippen molar-refractivity contribution in [3.8, 4) is 5.75 Å². The van der Waals surface area contributed by atoms with Gasteiger partial charge in [0.25, 0.3) is 0 Å². The highest BCUT2D eigenvalue weighted by atomic mass is 16.5. The molecule has 1 aromatic heterocycles. The summed E-state index contributed by atoms with van der Waals surface area (Å²) in [6.45, 7) is 0.357. The molecule has 0 unspecified atom stereocenters. The highest BCUT2D eigenvalue weighted by molar-refractivity contribution is 6.07. The standard InChI is InChI=1S/C14H14O4/c1-16-9-12-7-8-13(18-12)14(15)10-3-5-11(17-2)6-4-10/h3-8H,9H2,1-2H3. The van der Waals surface area contributed by atoms with Gasteiger partial charge < -0.3 is 13.9 Å². The zero-order valence-electron chi connectivity index (χ0n) is 10.3. The number of hydrogen-bond acceptors (Lipinski definition) is 4.